The van der Waals surface area contributed by atoms with Gasteiger partial charge in [-0.05, 0) is 24.6 Å². The molecule has 6 heteroatoms. The van der Waals surface area contributed by atoms with Crippen molar-refractivity contribution in [1.29, 1.82) is 0 Å². The zero-order valence-corrected chi connectivity index (χ0v) is 11.4. The predicted octanol–water partition coefficient (Wildman–Crippen LogP) is 3.42. The lowest BCUT2D eigenvalue weighted by Gasteiger charge is -2.30. The molecule has 0 radical (unpaired) electrons. The monoisotopic (exact) mass is 296 g/mol. The van der Waals surface area contributed by atoms with E-state index >= 15 is 0 Å². The first-order chi connectivity index (χ1) is 9.85. The molecule has 0 saturated carbocycles. The first-order valence-electron chi connectivity index (χ1n) is 6.34. The molecule has 0 saturated heterocycles. The maximum Gasteiger partial charge on any atom is 0.433 e. The number of pyridine rings is 1. The number of aliphatic hydroxyl groups excluding tert-OH is 1. The van der Waals surface area contributed by atoms with Gasteiger partial charge in [0.25, 0.3) is 0 Å². The number of hydrogen-bond acceptors (Lipinski definition) is 3. The Morgan fingerprint density at radius 2 is 1.71 bits per heavy atom. The van der Waals surface area contributed by atoms with E-state index < -0.39 is 17.4 Å². The van der Waals surface area contributed by atoms with Crippen LogP contribution in [0.15, 0.2) is 48.5 Å². The Labute approximate surface area is 120 Å². The number of aliphatic hydroxyl groups is 1. The molecule has 0 aliphatic rings. The normalized spacial score (nSPS) is 14.5. The largest absolute Gasteiger partial charge is 0.433 e. The van der Waals surface area contributed by atoms with Crippen molar-refractivity contribution in [2.45, 2.75) is 18.6 Å². The Morgan fingerprint density at radius 3 is 2.29 bits per heavy atom. The van der Waals surface area contributed by atoms with Crippen LogP contribution in [0.5, 0.6) is 0 Å². The van der Waals surface area contributed by atoms with Gasteiger partial charge < -0.3 is 10.4 Å². The topological polar surface area (TPSA) is 45.1 Å². The van der Waals surface area contributed by atoms with Crippen LogP contribution in [0.3, 0.4) is 0 Å². The van der Waals surface area contributed by atoms with Crippen LogP contribution in [-0.2, 0) is 11.7 Å². The Hall–Kier alpha value is -2.08. The van der Waals surface area contributed by atoms with Crippen LogP contribution in [0.4, 0.5) is 19.0 Å². The number of alkyl halides is 3. The summed E-state index contributed by atoms with van der Waals surface area (Å²) in [7, 11) is 0. The van der Waals surface area contributed by atoms with Crippen molar-refractivity contribution >= 4 is 5.82 Å². The van der Waals surface area contributed by atoms with Crippen molar-refractivity contribution in [1.82, 2.24) is 4.98 Å². The van der Waals surface area contributed by atoms with Crippen molar-refractivity contribution in [3.05, 3.63) is 59.8 Å². The minimum Gasteiger partial charge on any atom is -0.394 e. The number of nitrogens with one attached hydrogen (secondary N) is 1. The van der Waals surface area contributed by atoms with E-state index in [0.29, 0.717) is 0 Å². The van der Waals surface area contributed by atoms with Crippen molar-refractivity contribution in [2.24, 2.45) is 0 Å². The second-order valence-electron chi connectivity index (χ2n) is 4.89. The molecule has 1 atom stereocenters. The number of anilines is 1. The molecule has 0 spiro atoms. The van der Waals surface area contributed by atoms with Crippen LogP contribution in [-0.4, -0.2) is 16.7 Å². The summed E-state index contributed by atoms with van der Waals surface area (Å²) < 4.78 is 38.0. The van der Waals surface area contributed by atoms with E-state index in [1.807, 2.05) is 6.07 Å². The Bertz CT molecular complexity index is 601. The Kier molecular flexibility index (Phi) is 4.18. The SMILES string of the molecule is CC(CO)(Nc1cccc(C(F)(F)F)n1)c1ccccc1. The van der Waals surface area contributed by atoms with Gasteiger partial charge in [0.2, 0.25) is 0 Å². The van der Waals surface area contributed by atoms with Gasteiger partial charge in [0.05, 0.1) is 12.1 Å². The van der Waals surface area contributed by atoms with Gasteiger partial charge in [-0.25, -0.2) is 4.98 Å². The first-order valence-corrected chi connectivity index (χ1v) is 6.34. The number of hydrogen-bond donors (Lipinski definition) is 2. The zero-order chi connectivity index (χ0) is 15.5. The van der Waals surface area contributed by atoms with E-state index in [-0.39, 0.29) is 12.4 Å². The molecule has 1 aromatic heterocycles. The maximum atomic E-state index is 12.7. The van der Waals surface area contributed by atoms with Gasteiger partial charge in [-0.2, -0.15) is 13.2 Å². The average Bonchev–Trinajstić information content (AvgIpc) is 2.47. The summed E-state index contributed by atoms with van der Waals surface area (Å²) in [5.74, 6) is 0.0604. The molecule has 0 aliphatic heterocycles. The summed E-state index contributed by atoms with van der Waals surface area (Å²) in [6.07, 6.45) is -4.50. The smallest absolute Gasteiger partial charge is 0.394 e. The molecule has 0 aliphatic carbocycles. The molecule has 21 heavy (non-hydrogen) atoms. The van der Waals surface area contributed by atoms with Crippen LogP contribution in [0.2, 0.25) is 0 Å². The van der Waals surface area contributed by atoms with Gasteiger partial charge in [-0.3, -0.25) is 0 Å². The van der Waals surface area contributed by atoms with E-state index in [0.717, 1.165) is 11.6 Å². The molecule has 2 aromatic rings. The molecule has 1 aromatic carbocycles. The highest BCUT2D eigenvalue weighted by atomic mass is 19.4. The molecule has 0 fully saturated rings. The quantitative estimate of drug-likeness (QED) is 0.908. The summed E-state index contributed by atoms with van der Waals surface area (Å²) in [6.45, 7) is 1.42. The minimum atomic E-state index is -4.50. The molecule has 1 unspecified atom stereocenters. The van der Waals surface area contributed by atoms with Crippen LogP contribution < -0.4 is 5.32 Å². The van der Waals surface area contributed by atoms with E-state index in [9.17, 15) is 18.3 Å². The summed E-state index contributed by atoms with van der Waals surface area (Å²) in [5.41, 5.74) is -1.13. The number of rotatable bonds is 4. The second-order valence-corrected chi connectivity index (χ2v) is 4.89. The molecule has 112 valence electrons. The first kappa shape index (κ1) is 15.3. The molecule has 2 N–H and O–H groups in total. The third kappa shape index (κ3) is 3.52. The highest BCUT2D eigenvalue weighted by Crippen LogP contribution is 2.30. The molecule has 1 heterocycles. The summed E-state index contributed by atoms with van der Waals surface area (Å²) in [5, 5.41) is 12.5. The molecular weight excluding hydrogens is 281 g/mol. The fourth-order valence-electron chi connectivity index (χ4n) is 1.95. The maximum absolute atomic E-state index is 12.7. The van der Waals surface area contributed by atoms with Crippen molar-refractivity contribution in [3.8, 4) is 0 Å². The highest BCUT2D eigenvalue weighted by Gasteiger charge is 2.33. The van der Waals surface area contributed by atoms with Gasteiger partial charge in [-0.1, -0.05) is 36.4 Å². The van der Waals surface area contributed by atoms with Gasteiger partial charge in [0.1, 0.15) is 11.5 Å². The van der Waals surface area contributed by atoms with Gasteiger partial charge in [0, 0.05) is 0 Å². The van der Waals surface area contributed by atoms with Crippen LogP contribution >= 0.6 is 0 Å². The minimum absolute atomic E-state index is 0.0604. The number of halogens is 3. The predicted molar refractivity (Wildman–Crippen MR) is 73.7 cm³/mol. The number of benzene rings is 1. The lowest BCUT2D eigenvalue weighted by molar-refractivity contribution is -0.141. The Balaban J connectivity index is 2.31. The highest BCUT2D eigenvalue weighted by molar-refractivity contribution is 5.42. The lowest BCUT2D eigenvalue weighted by atomic mass is 9.93. The zero-order valence-electron chi connectivity index (χ0n) is 11.4. The van der Waals surface area contributed by atoms with Crippen molar-refractivity contribution in [2.75, 3.05) is 11.9 Å². The number of nitrogens with zero attached hydrogens (tertiary/aromatic N) is 1. The summed E-state index contributed by atoms with van der Waals surface area (Å²) in [6, 6.07) is 12.6. The molecule has 0 amide bonds. The molecule has 0 bridgehead atoms. The fraction of sp³-hybridized carbons (Fsp3) is 0.267. The molecule has 2 rings (SSSR count). The Morgan fingerprint density at radius 1 is 1.05 bits per heavy atom. The summed E-state index contributed by atoms with van der Waals surface area (Å²) >= 11 is 0. The van der Waals surface area contributed by atoms with Gasteiger partial charge >= 0.3 is 6.18 Å². The van der Waals surface area contributed by atoms with E-state index in [4.69, 9.17) is 0 Å². The third-order valence-corrected chi connectivity index (χ3v) is 3.17. The van der Waals surface area contributed by atoms with Crippen LogP contribution in [0.25, 0.3) is 0 Å². The van der Waals surface area contributed by atoms with Crippen LogP contribution in [0.1, 0.15) is 18.2 Å². The molecular formula is C15H15F3N2O. The number of aromatic nitrogens is 1. The summed E-state index contributed by atoms with van der Waals surface area (Å²) in [4.78, 5) is 3.56. The van der Waals surface area contributed by atoms with Gasteiger partial charge in [-0.15, -0.1) is 0 Å². The second kappa shape index (κ2) is 5.73. The van der Waals surface area contributed by atoms with Crippen molar-refractivity contribution in [3.63, 3.8) is 0 Å². The molecule has 3 nitrogen and oxygen atoms in total. The van der Waals surface area contributed by atoms with E-state index in [1.54, 1.807) is 31.2 Å². The fourth-order valence-corrected chi connectivity index (χ4v) is 1.95. The standard InChI is InChI=1S/C15H15F3N2O/c1-14(10-21,11-6-3-2-4-7-11)20-13-9-5-8-12(19-13)15(16,17)18/h2-9,21H,10H2,1H3,(H,19,20). The van der Waals surface area contributed by atoms with Crippen LogP contribution in [0, 0.1) is 0 Å². The lowest BCUT2D eigenvalue weighted by Crippen LogP contribution is -2.36. The van der Waals surface area contributed by atoms with Gasteiger partial charge in [0.15, 0.2) is 0 Å². The third-order valence-electron chi connectivity index (χ3n) is 3.17. The van der Waals surface area contributed by atoms with Crippen molar-refractivity contribution < 1.29 is 18.3 Å². The average molecular weight is 296 g/mol. The van der Waals surface area contributed by atoms with E-state index in [2.05, 4.69) is 10.3 Å². The van der Waals surface area contributed by atoms with E-state index in [1.165, 1.54) is 12.1 Å².